The van der Waals surface area contributed by atoms with Crippen molar-refractivity contribution in [2.75, 3.05) is 0 Å². The van der Waals surface area contributed by atoms with Gasteiger partial charge in [-0.15, -0.1) is 0 Å². The fourth-order valence-corrected chi connectivity index (χ4v) is 0.282. The highest BCUT2D eigenvalue weighted by molar-refractivity contribution is 5.78. The summed E-state index contributed by atoms with van der Waals surface area (Å²) < 4.78 is 0. The number of rotatable bonds is 2. The molecule has 0 amide bonds. The Morgan fingerprint density at radius 2 is 1.90 bits per heavy atom. The molecule has 0 spiro atoms. The van der Waals surface area contributed by atoms with Crippen LogP contribution in [0, 0.1) is 0 Å². The summed E-state index contributed by atoms with van der Waals surface area (Å²) >= 11 is 0. The summed E-state index contributed by atoms with van der Waals surface area (Å²) in [7, 11) is 0. The summed E-state index contributed by atoms with van der Waals surface area (Å²) in [6, 6.07) is 0. The third-order valence-electron chi connectivity index (χ3n) is 0.879. The van der Waals surface area contributed by atoms with Gasteiger partial charge >= 0.3 is 0 Å². The molecule has 4 N–H and O–H groups in total. The van der Waals surface area contributed by atoms with Crippen LogP contribution in [0.25, 0.3) is 0 Å². The average Bonchev–Trinajstić information content (AvgIpc) is 1.82. The zero-order chi connectivity index (χ0) is 8.15. The molecule has 0 aliphatic heterocycles. The Hall–Kier alpha value is -1.25. The minimum Gasteiger partial charge on any atom is -0.401 e. The molecule has 0 fully saturated rings. The second-order valence-electron chi connectivity index (χ2n) is 2.13. The Balaban J connectivity index is 4.16. The molecule has 10 heavy (non-hydrogen) atoms. The molecule has 0 saturated heterocycles. The van der Waals surface area contributed by atoms with Crippen molar-refractivity contribution in [3.63, 3.8) is 0 Å². The van der Waals surface area contributed by atoms with Crippen molar-refractivity contribution in [2.24, 2.45) is 16.5 Å². The average molecular weight is 139 g/mol. The fourth-order valence-electron chi connectivity index (χ4n) is 0.282. The molecule has 0 unspecified atom stereocenters. The van der Waals surface area contributed by atoms with Gasteiger partial charge in [0.15, 0.2) is 0 Å². The van der Waals surface area contributed by atoms with Gasteiger partial charge in [0.05, 0.1) is 11.9 Å². The van der Waals surface area contributed by atoms with Gasteiger partial charge in [0.2, 0.25) is 0 Å². The van der Waals surface area contributed by atoms with Crippen LogP contribution in [0.1, 0.15) is 13.8 Å². The van der Waals surface area contributed by atoms with Gasteiger partial charge in [-0.2, -0.15) is 0 Å². The van der Waals surface area contributed by atoms with E-state index in [-0.39, 0.29) is 0 Å². The molecule has 56 valence electrons. The molecule has 0 heterocycles. The highest BCUT2D eigenvalue weighted by Gasteiger charge is 1.85. The number of nitrogens with zero attached hydrogens (tertiary/aromatic N) is 1. The molecule has 0 aromatic heterocycles. The van der Waals surface area contributed by atoms with E-state index in [1.54, 1.807) is 13.8 Å². The van der Waals surface area contributed by atoms with Crippen molar-refractivity contribution in [1.82, 2.24) is 0 Å². The van der Waals surface area contributed by atoms with Crippen LogP contribution in [0.3, 0.4) is 0 Å². The van der Waals surface area contributed by atoms with Gasteiger partial charge in [-0.3, -0.25) is 4.99 Å². The Morgan fingerprint density at radius 3 is 2.20 bits per heavy atom. The van der Waals surface area contributed by atoms with Crippen molar-refractivity contribution in [2.45, 2.75) is 13.8 Å². The van der Waals surface area contributed by atoms with Crippen molar-refractivity contribution >= 4 is 6.21 Å². The fraction of sp³-hybridized carbons (Fsp3) is 0.286. The van der Waals surface area contributed by atoms with Crippen LogP contribution in [-0.2, 0) is 0 Å². The van der Waals surface area contributed by atoms with Gasteiger partial charge < -0.3 is 11.5 Å². The molecule has 0 aliphatic rings. The molecule has 0 aliphatic carbocycles. The largest absolute Gasteiger partial charge is 0.401 e. The van der Waals surface area contributed by atoms with Crippen LogP contribution in [0.15, 0.2) is 28.7 Å². The van der Waals surface area contributed by atoms with Gasteiger partial charge in [-0.1, -0.05) is 6.58 Å². The molecule has 0 rings (SSSR count). The number of aliphatic imine (C=N–C) groups is 1. The van der Waals surface area contributed by atoms with E-state index in [0.29, 0.717) is 17.1 Å². The van der Waals surface area contributed by atoms with E-state index in [0.717, 1.165) is 0 Å². The van der Waals surface area contributed by atoms with E-state index in [4.69, 9.17) is 11.5 Å². The SMILES string of the molecule is C=C(C)N=C/C(N)=C(/C)N. The predicted octanol–water partition coefficient (Wildman–Crippen LogP) is 0.740. The van der Waals surface area contributed by atoms with Gasteiger partial charge in [-0.25, -0.2) is 0 Å². The minimum atomic E-state index is 0.489. The van der Waals surface area contributed by atoms with Gasteiger partial charge in [-0.05, 0) is 13.8 Å². The third kappa shape index (κ3) is 3.72. The van der Waals surface area contributed by atoms with Crippen LogP contribution >= 0.6 is 0 Å². The molecular formula is C7H13N3. The van der Waals surface area contributed by atoms with E-state index in [1.807, 2.05) is 0 Å². The summed E-state index contributed by atoms with van der Waals surface area (Å²) in [5.74, 6) is 0. The Bertz CT molecular complexity index is 185. The first kappa shape index (κ1) is 8.75. The molecule has 0 aromatic carbocycles. The van der Waals surface area contributed by atoms with Crippen LogP contribution in [0.2, 0.25) is 0 Å². The first-order valence-corrected chi connectivity index (χ1v) is 2.95. The highest BCUT2D eigenvalue weighted by Crippen LogP contribution is 1.90. The van der Waals surface area contributed by atoms with Crippen LogP contribution in [0.4, 0.5) is 0 Å². The summed E-state index contributed by atoms with van der Waals surface area (Å²) in [6.07, 6.45) is 1.50. The van der Waals surface area contributed by atoms with Crippen LogP contribution < -0.4 is 11.5 Å². The maximum absolute atomic E-state index is 5.43. The quantitative estimate of drug-likeness (QED) is 0.554. The Morgan fingerprint density at radius 1 is 1.40 bits per heavy atom. The molecule has 0 radical (unpaired) electrons. The van der Waals surface area contributed by atoms with E-state index >= 15 is 0 Å². The summed E-state index contributed by atoms with van der Waals surface area (Å²) in [4.78, 5) is 3.86. The molecule has 0 atom stereocenters. The van der Waals surface area contributed by atoms with Crippen molar-refractivity contribution in [3.8, 4) is 0 Å². The lowest BCUT2D eigenvalue weighted by Crippen LogP contribution is -2.07. The molecule has 0 saturated carbocycles. The number of allylic oxidation sites excluding steroid dienone is 3. The standard InChI is InChI=1S/C7H13N3/c1-5(2)10-4-7(9)6(3)8/h4H,1,8-9H2,2-3H3/b7-6+,10-4?. The van der Waals surface area contributed by atoms with Crippen LogP contribution in [-0.4, -0.2) is 6.21 Å². The van der Waals surface area contributed by atoms with Gasteiger partial charge in [0.1, 0.15) is 0 Å². The molecule has 3 nitrogen and oxygen atoms in total. The third-order valence-corrected chi connectivity index (χ3v) is 0.879. The van der Waals surface area contributed by atoms with Gasteiger partial charge in [0.25, 0.3) is 0 Å². The lowest BCUT2D eigenvalue weighted by Gasteiger charge is -1.93. The lowest BCUT2D eigenvalue weighted by atomic mass is 10.4. The van der Waals surface area contributed by atoms with Crippen molar-refractivity contribution in [1.29, 1.82) is 0 Å². The maximum atomic E-state index is 5.43. The zero-order valence-corrected chi connectivity index (χ0v) is 6.39. The topological polar surface area (TPSA) is 64.4 Å². The van der Waals surface area contributed by atoms with Gasteiger partial charge in [0, 0.05) is 11.4 Å². The maximum Gasteiger partial charge on any atom is 0.0687 e. The smallest absolute Gasteiger partial charge is 0.0687 e. The molecular weight excluding hydrogens is 126 g/mol. The summed E-state index contributed by atoms with van der Waals surface area (Å²) in [5, 5.41) is 0. The van der Waals surface area contributed by atoms with Crippen molar-refractivity contribution in [3.05, 3.63) is 23.7 Å². The summed E-state index contributed by atoms with van der Waals surface area (Å²) in [5.41, 5.74) is 12.6. The van der Waals surface area contributed by atoms with E-state index in [1.165, 1.54) is 6.21 Å². The lowest BCUT2D eigenvalue weighted by molar-refractivity contribution is 1.23. The predicted molar refractivity (Wildman–Crippen MR) is 44.4 cm³/mol. The van der Waals surface area contributed by atoms with Crippen molar-refractivity contribution < 1.29 is 0 Å². The first-order chi connectivity index (χ1) is 4.54. The zero-order valence-electron chi connectivity index (χ0n) is 6.39. The number of hydrogen-bond donors (Lipinski definition) is 2. The second kappa shape index (κ2) is 3.71. The minimum absolute atomic E-state index is 0.489. The van der Waals surface area contributed by atoms with E-state index in [2.05, 4.69) is 11.6 Å². The molecule has 0 bridgehead atoms. The molecule has 3 heteroatoms. The monoisotopic (exact) mass is 139 g/mol. The number of hydrogen-bond acceptors (Lipinski definition) is 3. The van der Waals surface area contributed by atoms with E-state index in [9.17, 15) is 0 Å². The second-order valence-corrected chi connectivity index (χ2v) is 2.13. The molecule has 0 aromatic rings. The normalized spacial score (nSPS) is 13.4. The van der Waals surface area contributed by atoms with Crippen LogP contribution in [0.5, 0.6) is 0 Å². The Labute approximate surface area is 61.1 Å². The Kier molecular flexibility index (Phi) is 3.25. The number of nitrogens with two attached hydrogens (primary N) is 2. The first-order valence-electron chi connectivity index (χ1n) is 2.95. The van der Waals surface area contributed by atoms with E-state index < -0.39 is 0 Å². The summed E-state index contributed by atoms with van der Waals surface area (Å²) in [6.45, 7) is 7.08. The highest BCUT2D eigenvalue weighted by atomic mass is 14.8.